The number of fused-ring (bicyclic) bond motifs is 1. The average molecular weight is 473 g/mol. The van der Waals surface area contributed by atoms with Crippen LogP contribution in [-0.2, 0) is 4.79 Å². The van der Waals surface area contributed by atoms with Crippen LogP contribution in [0.25, 0.3) is 16.7 Å². The maximum atomic E-state index is 13.3. The van der Waals surface area contributed by atoms with Gasteiger partial charge in [0.1, 0.15) is 5.75 Å². The van der Waals surface area contributed by atoms with Crippen molar-refractivity contribution in [3.63, 3.8) is 0 Å². The summed E-state index contributed by atoms with van der Waals surface area (Å²) in [6, 6.07) is 8.77. The number of amides is 2. The Labute approximate surface area is 200 Å². The Balaban J connectivity index is 1.39. The van der Waals surface area contributed by atoms with Gasteiger partial charge in [-0.05, 0) is 19.1 Å². The number of nitrogens with zero attached hydrogens (tertiary/aromatic N) is 6. The number of carbonyl (C=O) groups is 3. The Hall–Kier alpha value is -4.54. The van der Waals surface area contributed by atoms with E-state index in [1.807, 2.05) is 25.1 Å². The van der Waals surface area contributed by atoms with Gasteiger partial charge >= 0.3 is 0 Å². The molecule has 5 rings (SSSR count). The van der Waals surface area contributed by atoms with Crippen LogP contribution in [0.3, 0.4) is 0 Å². The maximum Gasteiger partial charge on any atom is 0.295 e. The minimum atomic E-state index is -0.671. The van der Waals surface area contributed by atoms with Crippen molar-refractivity contribution in [3.05, 3.63) is 66.2 Å². The first-order valence-electron chi connectivity index (χ1n) is 11.1. The van der Waals surface area contributed by atoms with Gasteiger partial charge in [-0.25, -0.2) is 4.98 Å². The monoisotopic (exact) mass is 473 g/mol. The molecule has 1 N–H and O–H groups in total. The molecule has 1 aromatic carbocycles. The Kier molecular flexibility index (Phi) is 5.73. The molecule has 3 aromatic heterocycles. The van der Waals surface area contributed by atoms with Crippen molar-refractivity contribution in [2.75, 3.05) is 26.7 Å². The summed E-state index contributed by atoms with van der Waals surface area (Å²) in [4.78, 5) is 51.3. The Morgan fingerprint density at radius 2 is 1.83 bits per heavy atom. The van der Waals surface area contributed by atoms with Crippen molar-refractivity contribution in [1.82, 2.24) is 34.8 Å². The maximum absolute atomic E-state index is 13.3. The van der Waals surface area contributed by atoms with E-state index in [1.165, 1.54) is 41.6 Å². The molecule has 1 saturated heterocycles. The number of ether oxygens (including phenoxy) is 1. The number of H-pyrrole nitrogens is 1. The second-order valence-corrected chi connectivity index (χ2v) is 8.21. The summed E-state index contributed by atoms with van der Waals surface area (Å²) in [5.41, 5.74) is 1.24. The minimum Gasteiger partial charge on any atom is -0.494 e. The molecule has 4 heterocycles. The minimum absolute atomic E-state index is 0.0925. The number of hydrogen-bond acceptors (Lipinski definition) is 7. The molecule has 1 fully saturated rings. The van der Waals surface area contributed by atoms with Gasteiger partial charge in [0.2, 0.25) is 0 Å². The van der Waals surface area contributed by atoms with E-state index < -0.39 is 11.7 Å². The van der Waals surface area contributed by atoms with Gasteiger partial charge in [-0.2, -0.15) is 10.2 Å². The van der Waals surface area contributed by atoms with Gasteiger partial charge in [-0.15, -0.1) is 4.80 Å². The number of nitrogens with one attached hydrogen (secondary N) is 1. The summed E-state index contributed by atoms with van der Waals surface area (Å²) in [7, 11) is 1.47. The number of benzene rings is 1. The smallest absolute Gasteiger partial charge is 0.295 e. The summed E-state index contributed by atoms with van der Waals surface area (Å²) in [6.07, 6.45) is 5.96. The third-order valence-electron chi connectivity index (χ3n) is 6.12. The van der Waals surface area contributed by atoms with Crippen molar-refractivity contribution in [1.29, 1.82) is 0 Å². The summed E-state index contributed by atoms with van der Waals surface area (Å²) in [5.74, 6) is -0.679. The molecule has 0 unspecified atom stereocenters. The molecule has 11 heteroatoms. The van der Waals surface area contributed by atoms with E-state index in [0.29, 0.717) is 34.6 Å². The van der Waals surface area contributed by atoms with Crippen molar-refractivity contribution in [3.8, 4) is 11.6 Å². The van der Waals surface area contributed by atoms with Crippen molar-refractivity contribution < 1.29 is 19.1 Å². The molecule has 0 bridgehead atoms. The molecule has 11 nitrogen and oxygen atoms in total. The first kappa shape index (κ1) is 22.3. The van der Waals surface area contributed by atoms with Gasteiger partial charge < -0.3 is 19.5 Å². The predicted molar refractivity (Wildman–Crippen MR) is 125 cm³/mol. The van der Waals surface area contributed by atoms with Crippen LogP contribution < -0.4 is 4.74 Å². The fourth-order valence-corrected chi connectivity index (χ4v) is 4.36. The molecule has 1 aliphatic heterocycles. The third kappa shape index (κ3) is 3.90. The second kappa shape index (κ2) is 9.01. The number of aromatic nitrogens is 5. The summed E-state index contributed by atoms with van der Waals surface area (Å²) >= 11 is 0. The molecule has 178 valence electrons. The van der Waals surface area contributed by atoms with E-state index in [-0.39, 0.29) is 30.6 Å². The van der Waals surface area contributed by atoms with Gasteiger partial charge in [0, 0.05) is 37.4 Å². The van der Waals surface area contributed by atoms with Gasteiger partial charge in [-0.3, -0.25) is 14.4 Å². The van der Waals surface area contributed by atoms with E-state index in [1.54, 1.807) is 17.0 Å². The van der Waals surface area contributed by atoms with Crippen molar-refractivity contribution >= 4 is 28.5 Å². The molecular formula is C24H23N7O4. The molecule has 0 saturated carbocycles. The first-order valence-corrected chi connectivity index (χ1v) is 11.1. The Morgan fingerprint density at radius 3 is 2.51 bits per heavy atom. The summed E-state index contributed by atoms with van der Waals surface area (Å²) in [5, 5.41) is 8.62. The highest BCUT2D eigenvalue weighted by molar-refractivity contribution is 6.45. The fourth-order valence-electron chi connectivity index (χ4n) is 4.36. The van der Waals surface area contributed by atoms with E-state index in [4.69, 9.17) is 4.74 Å². The lowest BCUT2D eigenvalue weighted by molar-refractivity contribution is -0.128. The molecule has 4 aromatic rings. The lowest BCUT2D eigenvalue weighted by Crippen LogP contribution is -2.56. The first-order chi connectivity index (χ1) is 17.0. The summed E-state index contributed by atoms with van der Waals surface area (Å²) in [6.45, 7) is 2.72. The van der Waals surface area contributed by atoms with Crippen LogP contribution in [0.5, 0.6) is 5.75 Å². The van der Waals surface area contributed by atoms with E-state index in [0.717, 1.165) is 0 Å². The lowest BCUT2D eigenvalue weighted by atomic mass is 10.1. The topological polar surface area (TPSA) is 126 Å². The third-order valence-corrected chi connectivity index (χ3v) is 6.12. The molecule has 0 spiro atoms. The number of carbonyl (C=O) groups excluding carboxylic acids is 3. The van der Waals surface area contributed by atoms with E-state index in [2.05, 4.69) is 20.2 Å². The van der Waals surface area contributed by atoms with Crippen molar-refractivity contribution in [2.24, 2.45) is 0 Å². The number of aromatic amines is 1. The molecule has 1 aliphatic rings. The number of piperazine rings is 1. The highest BCUT2D eigenvalue weighted by Gasteiger charge is 2.34. The fraction of sp³-hybridized carbons (Fsp3) is 0.250. The van der Waals surface area contributed by atoms with Crippen LogP contribution in [0, 0.1) is 0 Å². The van der Waals surface area contributed by atoms with E-state index >= 15 is 0 Å². The molecule has 1 atom stereocenters. The zero-order valence-corrected chi connectivity index (χ0v) is 19.2. The number of pyridine rings is 1. The normalized spacial score (nSPS) is 15.9. The van der Waals surface area contributed by atoms with Gasteiger partial charge in [0.05, 0.1) is 42.2 Å². The van der Waals surface area contributed by atoms with Gasteiger partial charge in [0.25, 0.3) is 17.6 Å². The van der Waals surface area contributed by atoms with E-state index in [9.17, 15) is 14.4 Å². The number of rotatable bonds is 5. The molecule has 35 heavy (non-hydrogen) atoms. The Bertz CT molecular complexity index is 1400. The molecule has 0 aliphatic carbocycles. The van der Waals surface area contributed by atoms with Crippen molar-refractivity contribution in [2.45, 2.75) is 13.0 Å². The largest absolute Gasteiger partial charge is 0.494 e. The zero-order chi connectivity index (χ0) is 24.5. The summed E-state index contributed by atoms with van der Waals surface area (Å²) < 4.78 is 5.42. The van der Waals surface area contributed by atoms with Crippen LogP contribution in [0.4, 0.5) is 0 Å². The second-order valence-electron chi connectivity index (χ2n) is 8.21. The van der Waals surface area contributed by atoms with Gasteiger partial charge in [-0.1, -0.05) is 18.2 Å². The zero-order valence-electron chi connectivity index (χ0n) is 19.2. The lowest BCUT2D eigenvalue weighted by Gasteiger charge is -2.39. The van der Waals surface area contributed by atoms with Gasteiger partial charge in [0.15, 0.2) is 5.82 Å². The number of Topliss-reactive ketones (excluding diaryl/α,β-unsaturated/α-hetero) is 1. The average Bonchev–Trinajstić information content (AvgIpc) is 3.58. The molecule has 2 amide bonds. The highest BCUT2D eigenvalue weighted by atomic mass is 16.5. The van der Waals surface area contributed by atoms with Crippen LogP contribution >= 0.6 is 0 Å². The molecular weight excluding hydrogens is 450 g/mol. The Morgan fingerprint density at radius 1 is 1.09 bits per heavy atom. The van der Waals surface area contributed by atoms with Crippen LogP contribution in [0.15, 0.2) is 55.1 Å². The van der Waals surface area contributed by atoms with Crippen LogP contribution in [0.1, 0.15) is 27.6 Å². The quantitative estimate of drug-likeness (QED) is 0.345. The SMILES string of the molecule is COc1cnc(-n2nccn2)c2[nH]cc(C(=O)C(=O)N3CCN(C(=O)c4ccccc4)[C@H](C)C3)c12. The predicted octanol–water partition coefficient (Wildman–Crippen LogP) is 1.71. The molecule has 0 radical (unpaired) electrons. The number of methoxy groups -OCH3 is 1. The number of ketones is 1. The standard InChI is InChI=1S/C24H23N7O4/c1-15-14-29(10-11-30(15)23(33)16-6-4-3-5-7-16)24(34)21(32)17-12-25-20-19(17)18(35-2)13-26-22(20)31-27-8-9-28-31/h3-9,12-13,15,25H,10-11,14H2,1-2H3/t15-/m1/s1. The van der Waals surface area contributed by atoms with Crippen LogP contribution in [0.2, 0.25) is 0 Å². The highest BCUT2D eigenvalue weighted by Crippen LogP contribution is 2.31. The van der Waals surface area contributed by atoms with Crippen LogP contribution in [-0.4, -0.2) is 85.1 Å². The number of hydrogen-bond donors (Lipinski definition) is 1.